The fourth-order valence-electron chi connectivity index (χ4n) is 2.25. The summed E-state index contributed by atoms with van der Waals surface area (Å²) in [6.07, 6.45) is 0.981. The van der Waals surface area contributed by atoms with Crippen molar-refractivity contribution in [2.45, 2.75) is 53.0 Å². The van der Waals surface area contributed by atoms with E-state index < -0.39 is 18.0 Å². The van der Waals surface area contributed by atoms with E-state index in [1.807, 2.05) is 13.8 Å². The number of hydrogen-bond acceptors (Lipinski definition) is 3. The second-order valence-electron chi connectivity index (χ2n) is 5.22. The Bertz CT molecular complexity index is 349. The zero-order valence-electron chi connectivity index (χ0n) is 12.6. The molecule has 0 aliphatic carbocycles. The standard InChI is InChI=1S/C14H25NO5/c1-5-10(6-2)13(18)15(8-7-11(16)17)12(9(3)4)14(19)20/h9-10,12H,5-8H2,1-4H3,(H,16,17)(H,19,20). The third kappa shape index (κ3) is 5.19. The van der Waals surface area contributed by atoms with Crippen molar-refractivity contribution in [1.82, 2.24) is 4.90 Å². The van der Waals surface area contributed by atoms with E-state index >= 15 is 0 Å². The summed E-state index contributed by atoms with van der Waals surface area (Å²) in [7, 11) is 0. The molecule has 0 saturated carbocycles. The van der Waals surface area contributed by atoms with Crippen molar-refractivity contribution < 1.29 is 24.6 Å². The number of rotatable bonds is 9. The van der Waals surface area contributed by atoms with Gasteiger partial charge in [-0.05, 0) is 18.8 Å². The number of nitrogens with zero attached hydrogens (tertiary/aromatic N) is 1. The summed E-state index contributed by atoms with van der Waals surface area (Å²) in [4.78, 5) is 35.8. The van der Waals surface area contributed by atoms with Crippen LogP contribution in [0.5, 0.6) is 0 Å². The first kappa shape index (κ1) is 18.4. The highest BCUT2D eigenvalue weighted by Gasteiger charge is 2.34. The molecule has 1 amide bonds. The molecule has 6 nitrogen and oxygen atoms in total. The number of carboxylic acid groups (broad SMARTS) is 2. The first-order valence-corrected chi connectivity index (χ1v) is 7.01. The largest absolute Gasteiger partial charge is 0.481 e. The summed E-state index contributed by atoms with van der Waals surface area (Å²) in [6.45, 7) is 7.10. The van der Waals surface area contributed by atoms with Crippen LogP contribution in [0.2, 0.25) is 0 Å². The molecule has 2 N–H and O–H groups in total. The highest BCUT2D eigenvalue weighted by molar-refractivity contribution is 5.85. The van der Waals surface area contributed by atoms with Gasteiger partial charge in [0.05, 0.1) is 6.42 Å². The summed E-state index contributed by atoms with van der Waals surface area (Å²) in [5, 5.41) is 18.1. The van der Waals surface area contributed by atoms with Gasteiger partial charge >= 0.3 is 11.9 Å². The Morgan fingerprint density at radius 1 is 1.05 bits per heavy atom. The summed E-state index contributed by atoms with van der Waals surface area (Å²) in [6, 6.07) is -0.984. The van der Waals surface area contributed by atoms with E-state index in [2.05, 4.69) is 0 Å². The fourth-order valence-corrected chi connectivity index (χ4v) is 2.25. The second-order valence-corrected chi connectivity index (χ2v) is 5.22. The molecule has 0 aromatic carbocycles. The Labute approximate surface area is 119 Å². The second kappa shape index (κ2) is 8.55. The van der Waals surface area contributed by atoms with Crippen LogP contribution in [0.25, 0.3) is 0 Å². The Morgan fingerprint density at radius 3 is 1.85 bits per heavy atom. The summed E-state index contributed by atoms with van der Waals surface area (Å²) in [5.41, 5.74) is 0. The predicted octanol–water partition coefficient (Wildman–Crippen LogP) is 1.84. The number of amides is 1. The van der Waals surface area contributed by atoms with Crippen molar-refractivity contribution in [1.29, 1.82) is 0 Å². The van der Waals surface area contributed by atoms with E-state index in [1.165, 1.54) is 4.90 Å². The first-order chi connectivity index (χ1) is 9.26. The highest BCUT2D eigenvalue weighted by atomic mass is 16.4. The van der Waals surface area contributed by atoms with Crippen molar-refractivity contribution >= 4 is 17.8 Å². The Hall–Kier alpha value is -1.59. The summed E-state index contributed by atoms with van der Waals surface area (Å²) >= 11 is 0. The number of aliphatic carboxylic acids is 2. The normalized spacial score (nSPS) is 12.5. The van der Waals surface area contributed by atoms with Crippen LogP contribution in [0.15, 0.2) is 0 Å². The predicted molar refractivity (Wildman–Crippen MR) is 74.3 cm³/mol. The molecule has 0 saturated heterocycles. The minimum atomic E-state index is -1.09. The average molecular weight is 287 g/mol. The van der Waals surface area contributed by atoms with E-state index in [4.69, 9.17) is 5.11 Å². The van der Waals surface area contributed by atoms with Gasteiger partial charge in [-0.2, -0.15) is 0 Å². The molecule has 0 bridgehead atoms. The van der Waals surface area contributed by atoms with E-state index in [0.29, 0.717) is 12.8 Å². The van der Waals surface area contributed by atoms with Gasteiger partial charge in [0.25, 0.3) is 0 Å². The molecule has 0 radical (unpaired) electrons. The van der Waals surface area contributed by atoms with Gasteiger partial charge in [-0.15, -0.1) is 0 Å². The van der Waals surface area contributed by atoms with Gasteiger partial charge in [0.15, 0.2) is 0 Å². The van der Waals surface area contributed by atoms with Crippen molar-refractivity contribution in [2.75, 3.05) is 6.54 Å². The lowest BCUT2D eigenvalue weighted by atomic mass is 9.96. The van der Waals surface area contributed by atoms with Crippen LogP contribution in [0.4, 0.5) is 0 Å². The molecule has 0 rings (SSSR count). The topological polar surface area (TPSA) is 94.9 Å². The highest BCUT2D eigenvalue weighted by Crippen LogP contribution is 2.19. The SMILES string of the molecule is CCC(CC)C(=O)N(CCC(=O)O)C(C(=O)O)C(C)C. The molecule has 0 aliphatic rings. The van der Waals surface area contributed by atoms with Gasteiger partial charge in [0.1, 0.15) is 6.04 Å². The Balaban J connectivity index is 5.28. The maximum absolute atomic E-state index is 12.4. The molecule has 0 aromatic rings. The van der Waals surface area contributed by atoms with E-state index in [0.717, 1.165) is 0 Å². The minimum Gasteiger partial charge on any atom is -0.481 e. The smallest absolute Gasteiger partial charge is 0.326 e. The van der Waals surface area contributed by atoms with Gasteiger partial charge in [0.2, 0.25) is 5.91 Å². The van der Waals surface area contributed by atoms with Crippen LogP contribution < -0.4 is 0 Å². The van der Waals surface area contributed by atoms with Crippen LogP contribution in [-0.2, 0) is 14.4 Å². The number of hydrogen-bond donors (Lipinski definition) is 2. The van der Waals surface area contributed by atoms with Gasteiger partial charge < -0.3 is 15.1 Å². The first-order valence-electron chi connectivity index (χ1n) is 7.01. The molecule has 0 spiro atoms. The van der Waals surface area contributed by atoms with Crippen molar-refractivity contribution in [2.24, 2.45) is 11.8 Å². The maximum atomic E-state index is 12.4. The molecule has 0 aliphatic heterocycles. The van der Waals surface area contributed by atoms with E-state index in [-0.39, 0.29) is 30.7 Å². The molecular formula is C14H25NO5. The third-order valence-electron chi connectivity index (χ3n) is 3.40. The van der Waals surface area contributed by atoms with Crippen molar-refractivity contribution in [3.63, 3.8) is 0 Å². The van der Waals surface area contributed by atoms with Crippen LogP contribution >= 0.6 is 0 Å². The van der Waals surface area contributed by atoms with Crippen LogP contribution in [0, 0.1) is 11.8 Å². The van der Waals surface area contributed by atoms with E-state index in [9.17, 15) is 19.5 Å². The Morgan fingerprint density at radius 2 is 1.55 bits per heavy atom. The van der Waals surface area contributed by atoms with Gasteiger partial charge in [-0.3, -0.25) is 9.59 Å². The van der Waals surface area contributed by atoms with Crippen molar-refractivity contribution in [3.05, 3.63) is 0 Å². The van der Waals surface area contributed by atoms with Gasteiger partial charge in [0, 0.05) is 12.5 Å². The average Bonchev–Trinajstić information content (AvgIpc) is 2.34. The van der Waals surface area contributed by atoms with Crippen LogP contribution in [0.3, 0.4) is 0 Å². The fraction of sp³-hybridized carbons (Fsp3) is 0.786. The monoisotopic (exact) mass is 287 g/mol. The third-order valence-corrected chi connectivity index (χ3v) is 3.40. The summed E-state index contributed by atoms with van der Waals surface area (Å²) < 4.78 is 0. The molecule has 0 heterocycles. The molecular weight excluding hydrogens is 262 g/mol. The number of carbonyl (C=O) groups excluding carboxylic acids is 1. The molecule has 6 heteroatoms. The van der Waals surface area contributed by atoms with E-state index in [1.54, 1.807) is 13.8 Å². The van der Waals surface area contributed by atoms with Crippen LogP contribution in [-0.4, -0.2) is 45.5 Å². The van der Waals surface area contributed by atoms with Crippen LogP contribution in [0.1, 0.15) is 47.0 Å². The molecule has 20 heavy (non-hydrogen) atoms. The van der Waals surface area contributed by atoms with Crippen molar-refractivity contribution in [3.8, 4) is 0 Å². The number of carboxylic acids is 2. The maximum Gasteiger partial charge on any atom is 0.326 e. The quantitative estimate of drug-likeness (QED) is 0.674. The number of carbonyl (C=O) groups is 3. The molecule has 0 aromatic heterocycles. The minimum absolute atomic E-state index is 0.0696. The Kier molecular flexibility index (Phi) is 7.87. The molecule has 116 valence electrons. The zero-order valence-corrected chi connectivity index (χ0v) is 12.6. The molecule has 0 fully saturated rings. The zero-order chi connectivity index (χ0) is 15.9. The van der Waals surface area contributed by atoms with Gasteiger partial charge in [-0.25, -0.2) is 4.79 Å². The van der Waals surface area contributed by atoms with Gasteiger partial charge in [-0.1, -0.05) is 27.7 Å². The lowest BCUT2D eigenvalue weighted by Crippen LogP contribution is -2.50. The molecule has 1 unspecified atom stereocenters. The lowest BCUT2D eigenvalue weighted by Gasteiger charge is -2.33. The summed E-state index contributed by atoms with van der Waals surface area (Å²) in [5.74, 6) is -2.94. The molecule has 1 atom stereocenters. The lowest BCUT2D eigenvalue weighted by molar-refractivity contribution is -0.155.